The summed E-state index contributed by atoms with van der Waals surface area (Å²) in [6, 6.07) is 0. The van der Waals surface area contributed by atoms with Crippen molar-refractivity contribution in [2.75, 3.05) is 34.7 Å². The van der Waals surface area contributed by atoms with Crippen LogP contribution < -0.4 is 0 Å². The lowest BCUT2D eigenvalue weighted by atomic mass is 9.86. The van der Waals surface area contributed by atoms with E-state index >= 15 is 0 Å². The van der Waals surface area contributed by atoms with Crippen LogP contribution in [0.3, 0.4) is 0 Å². The quantitative estimate of drug-likeness (QED) is 0.427. The molecule has 1 aliphatic carbocycles. The molecule has 0 saturated heterocycles. The third-order valence-corrected chi connectivity index (χ3v) is 3.55. The molecule has 100 valence electrons. The smallest absolute Gasteiger partial charge is 0.195 e. The van der Waals surface area contributed by atoms with Gasteiger partial charge in [-0.15, -0.1) is 0 Å². The van der Waals surface area contributed by atoms with Crippen molar-refractivity contribution >= 4 is 5.96 Å². The van der Waals surface area contributed by atoms with Crippen LogP contribution in [-0.2, 0) is 0 Å². The zero-order valence-electron chi connectivity index (χ0n) is 12.1. The van der Waals surface area contributed by atoms with Crippen LogP contribution in [0.4, 0.5) is 0 Å². The van der Waals surface area contributed by atoms with E-state index in [-0.39, 0.29) is 0 Å². The van der Waals surface area contributed by atoms with Gasteiger partial charge >= 0.3 is 0 Å². The van der Waals surface area contributed by atoms with Crippen molar-refractivity contribution in [1.82, 2.24) is 9.80 Å². The van der Waals surface area contributed by atoms with E-state index in [1.54, 1.807) is 0 Å². The third-order valence-electron chi connectivity index (χ3n) is 3.55. The Morgan fingerprint density at radius 2 is 1.59 bits per heavy atom. The van der Waals surface area contributed by atoms with Crippen LogP contribution in [0.15, 0.2) is 4.99 Å². The molecular formula is C14H29N3. The fourth-order valence-corrected chi connectivity index (χ4v) is 2.72. The fourth-order valence-electron chi connectivity index (χ4n) is 2.72. The summed E-state index contributed by atoms with van der Waals surface area (Å²) < 4.78 is 0. The Labute approximate surface area is 107 Å². The van der Waals surface area contributed by atoms with E-state index in [0.29, 0.717) is 0 Å². The topological polar surface area (TPSA) is 18.8 Å². The largest absolute Gasteiger partial charge is 0.349 e. The predicted octanol–water partition coefficient (Wildman–Crippen LogP) is 2.83. The van der Waals surface area contributed by atoms with Crippen LogP contribution in [-0.4, -0.2) is 50.5 Å². The summed E-state index contributed by atoms with van der Waals surface area (Å²) in [6.45, 7) is 0.974. The summed E-state index contributed by atoms with van der Waals surface area (Å²) >= 11 is 0. The molecule has 1 aliphatic rings. The highest BCUT2D eigenvalue weighted by atomic mass is 15.3. The molecule has 17 heavy (non-hydrogen) atoms. The monoisotopic (exact) mass is 239 g/mol. The van der Waals surface area contributed by atoms with Crippen molar-refractivity contribution in [3.8, 4) is 0 Å². The minimum atomic E-state index is 0.974. The third kappa shape index (κ3) is 5.42. The van der Waals surface area contributed by atoms with Gasteiger partial charge in [-0.2, -0.15) is 0 Å². The Bertz CT molecular complexity index is 218. The number of nitrogens with zero attached hydrogens (tertiary/aromatic N) is 3. The standard InChI is InChI=1S/C14H29N3/c1-16(2)14(17(3)4)15-12-8-11-13-9-6-5-7-10-13/h13H,5-12H2,1-4H3. The highest BCUT2D eigenvalue weighted by Crippen LogP contribution is 2.27. The fraction of sp³-hybridized carbons (Fsp3) is 0.929. The first-order valence-corrected chi connectivity index (χ1v) is 7.00. The van der Waals surface area contributed by atoms with Crippen molar-refractivity contribution < 1.29 is 0 Å². The molecular weight excluding hydrogens is 210 g/mol. The molecule has 0 spiro atoms. The summed E-state index contributed by atoms with van der Waals surface area (Å²) in [6.07, 6.45) is 9.90. The molecule has 0 bridgehead atoms. The maximum atomic E-state index is 4.68. The van der Waals surface area contributed by atoms with Gasteiger partial charge in [0.15, 0.2) is 5.96 Å². The molecule has 0 N–H and O–H groups in total. The Balaban J connectivity index is 2.22. The van der Waals surface area contributed by atoms with Gasteiger partial charge in [0.2, 0.25) is 0 Å². The highest BCUT2D eigenvalue weighted by molar-refractivity contribution is 5.79. The molecule has 1 fully saturated rings. The molecule has 0 heterocycles. The minimum Gasteiger partial charge on any atom is -0.349 e. The zero-order valence-corrected chi connectivity index (χ0v) is 12.1. The van der Waals surface area contributed by atoms with E-state index in [1.165, 1.54) is 44.9 Å². The molecule has 0 aliphatic heterocycles. The molecule has 1 rings (SSSR count). The van der Waals surface area contributed by atoms with Crippen LogP contribution in [0.1, 0.15) is 44.9 Å². The van der Waals surface area contributed by atoms with Gasteiger partial charge in [-0.05, 0) is 18.8 Å². The number of hydrogen-bond acceptors (Lipinski definition) is 1. The van der Waals surface area contributed by atoms with Crippen molar-refractivity contribution in [3.05, 3.63) is 0 Å². The van der Waals surface area contributed by atoms with Crippen molar-refractivity contribution in [2.24, 2.45) is 10.9 Å². The second-order valence-electron chi connectivity index (χ2n) is 5.62. The molecule has 0 atom stereocenters. The van der Waals surface area contributed by atoms with Crippen LogP contribution in [0.2, 0.25) is 0 Å². The van der Waals surface area contributed by atoms with E-state index < -0.39 is 0 Å². The van der Waals surface area contributed by atoms with Crippen molar-refractivity contribution in [2.45, 2.75) is 44.9 Å². The van der Waals surface area contributed by atoms with E-state index in [0.717, 1.165) is 18.4 Å². The van der Waals surface area contributed by atoms with Gasteiger partial charge < -0.3 is 9.80 Å². The first-order chi connectivity index (χ1) is 8.11. The van der Waals surface area contributed by atoms with Crippen LogP contribution in [0.25, 0.3) is 0 Å². The van der Waals surface area contributed by atoms with Gasteiger partial charge in [-0.3, -0.25) is 4.99 Å². The maximum Gasteiger partial charge on any atom is 0.195 e. The predicted molar refractivity (Wildman–Crippen MR) is 75.5 cm³/mol. The van der Waals surface area contributed by atoms with Crippen LogP contribution >= 0.6 is 0 Å². The molecule has 3 nitrogen and oxygen atoms in total. The average molecular weight is 239 g/mol. The molecule has 1 saturated carbocycles. The molecule has 0 amide bonds. The lowest BCUT2D eigenvalue weighted by Crippen LogP contribution is -2.35. The lowest BCUT2D eigenvalue weighted by Gasteiger charge is -2.23. The first-order valence-electron chi connectivity index (χ1n) is 7.00. The molecule has 3 heteroatoms. The zero-order chi connectivity index (χ0) is 12.7. The normalized spacial score (nSPS) is 16.7. The van der Waals surface area contributed by atoms with E-state index in [2.05, 4.69) is 43.0 Å². The summed E-state index contributed by atoms with van der Waals surface area (Å²) in [7, 11) is 8.22. The number of aliphatic imine (C=N–C) groups is 1. The van der Waals surface area contributed by atoms with E-state index in [4.69, 9.17) is 0 Å². The number of guanidine groups is 1. The Morgan fingerprint density at radius 1 is 1.00 bits per heavy atom. The number of hydrogen-bond donors (Lipinski definition) is 0. The second kappa shape index (κ2) is 7.57. The molecule has 0 aromatic heterocycles. The summed E-state index contributed by atoms with van der Waals surface area (Å²) in [4.78, 5) is 8.84. The van der Waals surface area contributed by atoms with Crippen LogP contribution in [0.5, 0.6) is 0 Å². The van der Waals surface area contributed by atoms with Gasteiger partial charge in [-0.1, -0.05) is 32.1 Å². The van der Waals surface area contributed by atoms with E-state index in [1.807, 2.05) is 0 Å². The van der Waals surface area contributed by atoms with Crippen LogP contribution in [0, 0.1) is 5.92 Å². The second-order valence-corrected chi connectivity index (χ2v) is 5.62. The highest BCUT2D eigenvalue weighted by Gasteiger charge is 2.12. The summed E-state index contributed by atoms with van der Waals surface area (Å²) in [5, 5.41) is 0. The van der Waals surface area contributed by atoms with Gasteiger partial charge in [0, 0.05) is 34.7 Å². The van der Waals surface area contributed by atoms with Gasteiger partial charge in [-0.25, -0.2) is 0 Å². The van der Waals surface area contributed by atoms with Gasteiger partial charge in [0.25, 0.3) is 0 Å². The first kappa shape index (κ1) is 14.3. The van der Waals surface area contributed by atoms with Crippen molar-refractivity contribution in [1.29, 1.82) is 0 Å². The molecule has 0 aromatic carbocycles. The maximum absolute atomic E-state index is 4.68. The lowest BCUT2D eigenvalue weighted by molar-refractivity contribution is 0.333. The molecule has 0 unspecified atom stereocenters. The Kier molecular flexibility index (Phi) is 6.38. The Hall–Kier alpha value is -0.730. The SMILES string of the molecule is CN(C)C(=NCCCC1CCCCC1)N(C)C. The van der Waals surface area contributed by atoms with Crippen molar-refractivity contribution in [3.63, 3.8) is 0 Å². The Morgan fingerprint density at radius 3 is 2.12 bits per heavy atom. The van der Waals surface area contributed by atoms with Gasteiger partial charge in [0.05, 0.1) is 0 Å². The van der Waals surface area contributed by atoms with E-state index in [9.17, 15) is 0 Å². The number of rotatable bonds is 4. The summed E-state index contributed by atoms with van der Waals surface area (Å²) in [5.41, 5.74) is 0. The molecule has 0 radical (unpaired) electrons. The van der Waals surface area contributed by atoms with Gasteiger partial charge in [0.1, 0.15) is 0 Å². The summed E-state index contributed by atoms with van der Waals surface area (Å²) in [5.74, 6) is 2.06. The minimum absolute atomic E-state index is 0.974. The molecule has 0 aromatic rings. The average Bonchev–Trinajstić information content (AvgIpc) is 2.29.